The van der Waals surface area contributed by atoms with Gasteiger partial charge in [0.15, 0.2) is 0 Å². The van der Waals surface area contributed by atoms with Gasteiger partial charge in [-0.1, -0.05) is 40.0 Å². The largest absolute Gasteiger partial charge is 0.119 e. The summed E-state index contributed by atoms with van der Waals surface area (Å²) < 4.78 is 0. The fraction of sp³-hybridized carbons (Fsp3) is 1.00. The Labute approximate surface area is 76.3 Å². The van der Waals surface area contributed by atoms with Gasteiger partial charge in [-0.2, -0.15) is 0 Å². The van der Waals surface area contributed by atoms with Gasteiger partial charge in [-0.3, -0.25) is 0 Å². The number of alkyl halides is 1. The molecule has 0 rings (SSSR count). The molecule has 0 saturated heterocycles. The smallest absolute Gasteiger partial charge is 0.0446 e. The lowest BCUT2D eigenvalue weighted by Gasteiger charge is -2.30. The van der Waals surface area contributed by atoms with Crippen LogP contribution in [0, 0.1) is 5.92 Å². The average Bonchev–Trinajstić information content (AvgIpc) is 1.89. The molecule has 0 spiro atoms. The monoisotopic (exact) mass is 176 g/mol. The lowest BCUT2D eigenvalue weighted by Crippen LogP contribution is -2.27. The van der Waals surface area contributed by atoms with Crippen molar-refractivity contribution in [2.45, 2.75) is 58.3 Å². The number of halogens is 1. The fourth-order valence-electron chi connectivity index (χ4n) is 1.83. The highest BCUT2D eigenvalue weighted by Gasteiger charge is 2.27. The minimum Gasteiger partial charge on any atom is -0.119 e. The molecule has 0 heterocycles. The van der Waals surface area contributed by atoms with Crippen molar-refractivity contribution in [1.29, 1.82) is 0 Å². The third-order valence-electron chi connectivity index (χ3n) is 2.58. The van der Waals surface area contributed by atoms with Crippen LogP contribution in [0.3, 0.4) is 0 Å². The molecule has 0 saturated carbocycles. The van der Waals surface area contributed by atoms with Crippen molar-refractivity contribution in [2.24, 2.45) is 5.92 Å². The van der Waals surface area contributed by atoms with Gasteiger partial charge < -0.3 is 0 Å². The lowest BCUT2D eigenvalue weighted by atomic mass is 9.85. The standard InChI is InChI=1S/C10H21Cl/c1-5-8-10(4,11)9(6-2)7-3/h9H,5-8H2,1-4H3. The molecular formula is C10H21Cl. The van der Waals surface area contributed by atoms with Crippen LogP contribution in [0.5, 0.6) is 0 Å². The maximum Gasteiger partial charge on any atom is 0.0446 e. The van der Waals surface area contributed by atoms with Crippen LogP contribution in [0.25, 0.3) is 0 Å². The van der Waals surface area contributed by atoms with E-state index in [9.17, 15) is 0 Å². The van der Waals surface area contributed by atoms with E-state index in [2.05, 4.69) is 27.7 Å². The van der Waals surface area contributed by atoms with Crippen molar-refractivity contribution in [3.05, 3.63) is 0 Å². The summed E-state index contributed by atoms with van der Waals surface area (Å²) >= 11 is 6.40. The van der Waals surface area contributed by atoms with Crippen LogP contribution in [0.2, 0.25) is 0 Å². The number of hydrogen-bond acceptors (Lipinski definition) is 0. The zero-order valence-corrected chi connectivity index (χ0v) is 9.04. The van der Waals surface area contributed by atoms with Gasteiger partial charge in [-0.25, -0.2) is 0 Å². The molecule has 0 bridgehead atoms. The van der Waals surface area contributed by atoms with E-state index in [0.29, 0.717) is 5.92 Å². The summed E-state index contributed by atoms with van der Waals surface area (Å²) in [6.07, 6.45) is 4.74. The summed E-state index contributed by atoms with van der Waals surface area (Å²) in [6.45, 7) is 8.83. The summed E-state index contributed by atoms with van der Waals surface area (Å²) in [6, 6.07) is 0. The lowest BCUT2D eigenvalue weighted by molar-refractivity contribution is 0.347. The van der Waals surface area contributed by atoms with Gasteiger partial charge in [0.2, 0.25) is 0 Å². The first-order valence-corrected chi connectivity index (χ1v) is 5.15. The van der Waals surface area contributed by atoms with Crippen molar-refractivity contribution in [3.63, 3.8) is 0 Å². The molecule has 1 unspecified atom stereocenters. The Balaban J connectivity index is 4.00. The quantitative estimate of drug-likeness (QED) is 0.551. The Morgan fingerprint density at radius 3 is 1.91 bits per heavy atom. The molecule has 0 amide bonds. The Bertz CT molecular complexity index is 93.0. The van der Waals surface area contributed by atoms with Crippen molar-refractivity contribution >= 4 is 11.6 Å². The summed E-state index contributed by atoms with van der Waals surface area (Å²) in [5.41, 5.74) is 0. The topological polar surface area (TPSA) is 0 Å². The van der Waals surface area contributed by atoms with Gasteiger partial charge in [0.1, 0.15) is 0 Å². The molecule has 0 aromatic carbocycles. The molecule has 0 radical (unpaired) electrons. The molecule has 0 aromatic heterocycles. The van der Waals surface area contributed by atoms with E-state index in [1.165, 1.54) is 19.3 Å². The second-order valence-corrected chi connectivity index (χ2v) is 4.40. The highest BCUT2D eigenvalue weighted by Crippen LogP contribution is 2.34. The van der Waals surface area contributed by atoms with Crippen molar-refractivity contribution in [2.75, 3.05) is 0 Å². The van der Waals surface area contributed by atoms with Gasteiger partial charge in [0, 0.05) is 4.87 Å². The van der Waals surface area contributed by atoms with Crippen LogP contribution in [0.4, 0.5) is 0 Å². The zero-order chi connectivity index (χ0) is 8.91. The Hall–Kier alpha value is 0.290. The third kappa shape index (κ3) is 3.46. The molecule has 1 atom stereocenters. The molecule has 0 aliphatic rings. The Kier molecular flexibility index (Phi) is 5.16. The molecule has 0 aromatic rings. The van der Waals surface area contributed by atoms with E-state index in [1.54, 1.807) is 0 Å². The number of rotatable bonds is 5. The minimum atomic E-state index is 0.0399. The molecule has 68 valence electrons. The van der Waals surface area contributed by atoms with E-state index in [1.807, 2.05) is 0 Å². The summed E-state index contributed by atoms with van der Waals surface area (Å²) in [5.74, 6) is 0.684. The maximum absolute atomic E-state index is 6.40. The molecule has 1 heteroatoms. The molecule has 0 aliphatic carbocycles. The summed E-state index contributed by atoms with van der Waals surface area (Å²) in [5, 5.41) is 0. The third-order valence-corrected chi connectivity index (χ3v) is 3.07. The first-order valence-electron chi connectivity index (χ1n) is 4.77. The minimum absolute atomic E-state index is 0.0399. The zero-order valence-electron chi connectivity index (χ0n) is 8.28. The molecular weight excluding hydrogens is 156 g/mol. The molecule has 0 aliphatic heterocycles. The van der Waals surface area contributed by atoms with Gasteiger partial charge in [0.05, 0.1) is 0 Å². The highest BCUT2D eigenvalue weighted by atomic mass is 35.5. The first kappa shape index (κ1) is 11.3. The van der Waals surface area contributed by atoms with E-state index in [0.717, 1.165) is 6.42 Å². The van der Waals surface area contributed by atoms with Crippen LogP contribution in [0.1, 0.15) is 53.4 Å². The van der Waals surface area contributed by atoms with E-state index < -0.39 is 0 Å². The van der Waals surface area contributed by atoms with Crippen LogP contribution < -0.4 is 0 Å². The first-order chi connectivity index (χ1) is 5.08. The van der Waals surface area contributed by atoms with Gasteiger partial charge >= 0.3 is 0 Å². The SMILES string of the molecule is CCCC(C)(Cl)C(CC)CC. The fourth-order valence-corrected chi connectivity index (χ4v) is 2.33. The second-order valence-electron chi connectivity index (χ2n) is 3.54. The number of hydrogen-bond donors (Lipinski definition) is 0. The molecule has 0 fully saturated rings. The van der Waals surface area contributed by atoms with Gasteiger partial charge in [0.25, 0.3) is 0 Å². The van der Waals surface area contributed by atoms with E-state index in [-0.39, 0.29) is 4.87 Å². The predicted octanol–water partition coefficient (Wildman–Crippen LogP) is 4.22. The predicted molar refractivity (Wildman–Crippen MR) is 53.2 cm³/mol. The summed E-state index contributed by atoms with van der Waals surface area (Å²) in [4.78, 5) is 0.0399. The maximum atomic E-state index is 6.40. The molecule has 11 heavy (non-hydrogen) atoms. The van der Waals surface area contributed by atoms with Crippen molar-refractivity contribution in [3.8, 4) is 0 Å². The molecule has 0 N–H and O–H groups in total. The van der Waals surface area contributed by atoms with Crippen LogP contribution in [-0.4, -0.2) is 4.87 Å². The second kappa shape index (κ2) is 5.03. The normalized spacial score (nSPS) is 16.9. The Morgan fingerprint density at radius 1 is 1.18 bits per heavy atom. The van der Waals surface area contributed by atoms with E-state index >= 15 is 0 Å². The van der Waals surface area contributed by atoms with Gasteiger partial charge in [-0.15, -0.1) is 11.6 Å². The molecule has 0 nitrogen and oxygen atoms in total. The van der Waals surface area contributed by atoms with Crippen LogP contribution in [0.15, 0.2) is 0 Å². The Morgan fingerprint density at radius 2 is 1.64 bits per heavy atom. The highest BCUT2D eigenvalue weighted by molar-refractivity contribution is 6.23. The van der Waals surface area contributed by atoms with Crippen molar-refractivity contribution < 1.29 is 0 Å². The van der Waals surface area contributed by atoms with E-state index in [4.69, 9.17) is 11.6 Å². The van der Waals surface area contributed by atoms with Gasteiger partial charge in [-0.05, 0) is 19.3 Å². The van der Waals surface area contributed by atoms with Crippen molar-refractivity contribution in [1.82, 2.24) is 0 Å². The van der Waals surface area contributed by atoms with Crippen LogP contribution in [-0.2, 0) is 0 Å². The average molecular weight is 177 g/mol. The van der Waals surface area contributed by atoms with Crippen LogP contribution >= 0.6 is 11.6 Å². The summed E-state index contributed by atoms with van der Waals surface area (Å²) in [7, 11) is 0.